The highest BCUT2D eigenvalue weighted by atomic mass is 16.7. The molecule has 0 aromatic heterocycles. The van der Waals surface area contributed by atoms with Crippen LogP contribution >= 0.6 is 0 Å². The predicted molar refractivity (Wildman–Crippen MR) is 181 cm³/mol. The molecule has 2 amide bonds. The Labute approximate surface area is 278 Å². The molecule has 5 rings (SSSR count). The molecule has 4 N–H and O–H groups in total. The number of carbonyl (C=O) groups excluding carboxylic acids is 2. The van der Waals surface area contributed by atoms with E-state index in [2.05, 4.69) is 45.9 Å². The Morgan fingerprint density at radius 2 is 1.66 bits per heavy atom. The molecule has 0 radical (unpaired) electrons. The Morgan fingerprint density at radius 3 is 2.40 bits per heavy atom. The van der Waals surface area contributed by atoms with Crippen molar-refractivity contribution >= 4 is 11.8 Å². The van der Waals surface area contributed by atoms with Gasteiger partial charge in [0.15, 0.2) is 6.29 Å². The van der Waals surface area contributed by atoms with Crippen LogP contribution in [0.25, 0.3) is 11.1 Å². The molecule has 47 heavy (non-hydrogen) atoms. The zero-order valence-electron chi connectivity index (χ0n) is 27.4. The van der Waals surface area contributed by atoms with Crippen LogP contribution in [0.1, 0.15) is 86.5 Å². The molecule has 0 spiro atoms. The summed E-state index contributed by atoms with van der Waals surface area (Å²) in [7, 11) is 0. The van der Waals surface area contributed by atoms with Crippen LogP contribution in [0.5, 0.6) is 0 Å². The van der Waals surface area contributed by atoms with Crippen LogP contribution in [0.3, 0.4) is 0 Å². The van der Waals surface area contributed by atoms with Gasteiger partial charge in [-0.25, -0.2) is 0 Å². The van der Waals surface area contributed by atoms with Gasteiger partial charge in [0, 0.05) is 51.0 Å². The van der Waals surface area contributed by atoms with E-state index in [4.69, 9.17) is 9.47 Å². The average Bonchev–Trinajstić information content (AvgIpc) is 3.55. The fourth-order valence-corrected chi connectivity index (χ4v) is 6.55. The second kappa shape index (κ2) is 17.5. The molecule has 3 aromatic rings. The second-order valence-corrected chi connectivity index (χ2v) is 12.7. The van der Waals surface area contributed by atoms with Crippen molar-refractivity contribution in [1.29, 1.82) is 0 Å². The molecule has 0 aliphatic carbocycles. The number of amides is 2. The molecule has 4 atom stereocenters. The van der Waals surface area contributed by atoms with Gasteiger partial charge < -0.3 is 30.3 Å². The summed E-state index contributed by atoms with van der Waals surface area (Å²) in [4.78, 5) is 25.8. The van der Waals surface area contributed by atoms with Gasteiger partial charge in [0.1, 0.15) is 0 Å². The van der Waals surface area contributed by atoms with Crippen molar-refractivity contribution < 1.29 is 29.3 Å². The van der Waals surface area contributed by atoms with Crippen molar-refractivity contribution in [2.75, 3.05) is 26.2 Å². The fourth-order valence-electron chi connectivity index (χ4n) is 6.55. The quantitative estimate of drug-likeness (QED) is 0.169. The van der Waals surface area contributed by atoms with Crippen LogP contribution in [0, 0.1) is 0 Å². The molecule has 0 saturated carbocycles. The summed E-state index contributed by atoms with van der Waals surface area (Å²) in [5.41, 5.74) is 5.99. The van der Waals surface area contributed by atoms with Crippen molar-refractivity contribution in [3.63, 3.8) is 0 Å². The molecule has 4 unspecified atom stereocenters. The number of nitrogens with one attached hydrogen (secondary N) is 2. The summed E-state index contributed by atoms with van der Waals surface area (Å²) in [6, 6.07) is 24.5. The maximum Gasteiger partial charge on any atom is 0.220 e. The number of nitrogens with zero attached hydrogens (tertiary/aromatic N) is 1. The van der Waals surface area contributed by atoms with E-state index in [1.165, 1.54) is 6.92 Å². The number of rotatable bonds is 15. The first kappa shape index (κ1) is 34.7. The minimum atomic E-state index is -0.548. The highest BCUT2D eigenvalue weighted by molar-refractivity contribution is 5.76. The number of unbranched alkanes of at least 4 members (excludes halogenated alkanes) is 2. The maximum absolute atomic E-state index is 12.5. The number of hydrogen-bond acceptors (Lipinski definition) is 7. The molecular formula is C38H49N3O6. The number of carbonyl (C=O) groups is 2. The highest BCUT2D eigenvalue weighted by Gasteiger charge is 2.35. The van der Waals surface area contributed by atoms with Gasteiger partial charge in [-0.3, -0.25) is 14.5 Å². The highest BCUT2D eigenvalue weighted by Crippen LogP contribution is 2.39. The Hall–Kier alpha value is -3.60. The first-order chi connectivity index (χ1) is 22.9. The molecule has 2 fully saturated rings. The molecule has 252 valence electrons. The summed E-state index contributed by atoms with van der Waals surface area (Å²) in [5, 5.41) is 25.3. The van der Waals surface area contributed by atoms with E-state index < -0.39 is 6.29 Å². The summed E-state index contributed by atoms with van der Waals surface area (Å²) in [6.07, 6.45) is 5.02. The van der Waals surface area contributed by atoms with Crippen molar-refractivity contribution in [3.8, 4) is 11.1 Å². The lowest BCUT2D eigenvalue weighted by Crippen LogP contribution is -2.42. The SMILES string of the molecule is CC(=O)NCCCCCC(=O)NCc1ccccc1-c1ccc(C2OC(CN3CCCC3CO)CC(c3ccc(CO)cc3)O2)cc1. The lowest BCUT2D eigenvalue weighted by Gasteiger charge is -2.38. The predicted octanol–water partition coefficient (Wildman–Crippen LogP) is 5.16. The molecule has 9 nitrogen and oxygen atoms in total. The first-order valence-electron chi connectivity index (χ1n) is 17.0. The van der Waals surface area contributed by atoms with Gasteiger partial charge in [-0.1, -0.05) is 79.2 Å². The molecule has 2 aliphatic heterocycles. The summed E-state index contributed by atoms with van der Waals surface area (Å²) in [5.74, 6) is -0.00308. The molecule has 2 aliphatic rings. The second-order valence-electron chi connectivity index (χ2n) is 12.7. The van der Waals surface area contributed by atoms with Gasteiger partial charge in [0.05, 0.1) is 25.4 Å². The van der Waals surface area contributed by atoms with Crippen LogP contribution in [0.4, 0.5) is 0 Å². The smallest absolute Gasteiger partial charge is 0.220 e. The van der Waals surface area contributed by atoms with E-state index in [1.54, 1.807) is 0 Å². The Morgan fingerprint density at radius 1 is 0.894 bits per heavy atom. The monoisotopic (exact) mass is 643 g/mol. The van der Waals surface area contributed by atoms with Crippen molar-refractivity contribution in [2.45, 2.75) is 89.6 Å². The summed E-state index contributed by atoms with van der Waals surface area (Å²) >= 11 is 0. The average molecular weight is 644 g/mol. The van der Waals surface area contributed by atoms with Gasteiger partial charge in [0.25, 0.3) is 0 Å². The van der Waals surface area contributed by atoms with Gasteiger partial charge in [-0.05, 0) is 60.0 Å². The van der Waals surface area contributed by atoms with Crippen LogP contribution in [-0.4, -0.2) is 65.3 Å². The van der Waals surface area contributed by atoms with Crippen molar-refractivity contribution in [1.82, 2.24) is 15.5 Å². The molecule has 3 aromatic carbocycles. The van der Waals surface area contributed by atoms with Gasteiger partial charge in [-0.15, -0.1) is 0 Å². The summed E-state index contributed by atoms with van der Waals surface area (Å²) < 4.78 is 13.1. The third-order valence-corrected chi connectivity index (χ3v) is 9.20. The molecular weight excluding hydrogens is 594 g/mol. The minimum Gasteiger partial charge on any atom is -0.395 e. The van der Waals surface area contributed by atoms with Crippen LogP contribution in [-0.2, 0) is 32.2 Å². The number of aliphatic hydroxyl groups excluding tert-OH is 2. The Bertz CT molecular complexity index is 1430. The topological polar surface area (TPSA) is 120 Å². The van der Waals surface area contributed by atoms with Gasteiger partial charge >= 0.3 is 0 Å². The zero-order valence-corrected chi connectivity index (χ0v) is 27.4. The zero-order chi connectivity index (χ0) is 33.0. The number of benzene rings is 3. The van der Waals surface area contributed by atoms with Gasteiger partial charge in [0.2, 0.25) is 11.8 Å². The standard InChI is InChI=1S/C38H49N3O6/c1-27(44)39-20-6-2-3-11-37(45)40-23-32-8-4-5-10-35(32)29-16-18-31(19-17-29)38-46-34(24-41-21-7-9-33(41)26-43)22-36(47-38)30-14-12-28(25-42)13-15-30/h4-5,8,10,12-19,33-34,36,38,42-43H,2-3,6-7,9,11,20-26H2,1H3,(H,39,44)(H,40,45). The number of ether oxygens (including phenoxy) is 2. The third kappa shape index (κ3) is 9.95. The molecule has 0 bridgehead atoms. The Kier molecular flexibility index (Phi) is 12.9. The number of aliphatic hydroxyl groups is 2. The lowest BCUT2D eigenvalue weighted by atomic mass is 9.97. The van der Waals surface area contributed by atoms with Crippen LogP contribution in [0.15, 0.2) is 72.8 Å². The summed E-state index contributed by atoms with van der Waals surface area (Å²) in [6.45, 7) is 4.46. The lowest BCUT2D eigenvalue weighted by molar-refractivity contribution is -0.253. The molecule has 2 heterocycles. The first-order valence-corrected chi connectivity index (χ1v) is 17.0. The number of hydrogen-bond donors (Lipinski definition) is 4. The normalized spacial score (nSPS) is 21.4. The molecule has 2 saturated heterocycles. The van der Waals surface area contributed by atoms with E-state index in [1.807, 2.05) is 42.5 Å². The van der Waals surface area contributed by atoms with E-state index in [-0.39, 0.29) is 43.3 Å². The van der Waals surface area contributed by atoms with Crippen molar-refractivity contribution in [3.05, 3.63) is 95.1 Å². The van der Waals surface area contributed by atoms with Crippen LogP contribution < -0.4 is 10.6 Å². The fraction of sp³-hybridized carbons (Fsp3) is 0.474. The van der Waals surface area contributed by atoms with Gasteiger partial charge in [-0.2, -0.15) is 0 Å². The van der Waals surface area contributed by atoms with Crippen LogP contribution in [0.2, 0.25) is 0 Å². The van der Waals surface area contributed by atoms with E-state index in [9.17, 15) is 19.8 Å². The molecule has 9 heteroatoms. The van der Waals surface area contributed by atoms with Crippen molar-refractivity contribution in [2.24, 2.45) is 0 Å². The van der Waals surface area contributed by atoms with E-state index >= 15 is 0 Å². The number of likely N-dealkylation sites (tertiary alicyclic amines) is 1. The third-order valence-electron chi connectivity index (χ3n) is 9.20. The van der Waals surface area contributed by atoms with E-state index in [0.717, 1.165) is 78.6 Å². The largest absolute Gasteiger partial charge is 0.395 e. The Balaban J connectivity index is 1.23. The van der Waals surface area contributed by atoms with E-state index in [0.29, 0.717) is 25.9 Å². The minimum absolute atomic E-state index is 0.00163. The maximum atomic E-state index is 12.5.